The quantitative estimate of drug-likeness (QED) is 0.611. The number of unbranched alkanes of at least 4 members (excludes halogenated alkanes) is 3. The number of nitrogens with one attached hydrogen (secondary N) is 2. The van der Waals surface area contributed by atoms with Gasteiger partial charge in [0, 0.05) is 12.5 Å². The van der Waals surface area contributed by atoms with Crippen molar-refractivity contribution in [2.75, 3.05) is 12.3 Å². The van der Waals surface area contributed by atoms with Gasteiger partial charge in [0.05, 0.1) is 11.4 Å². The van der Waals surface area contributed by atoms with Crippen LogP contribution in [0.3, 0.4) is 0 Å². The summed E-state index contributed by atoms with van der Waals surface area (Å²) in [6.45, 7) is 5.21. The number of anilines is 1. The number of aromatic amines is 1. The van der Waals surface area contributed by atoms with Gasteiger partial charge in [0.2, 0.25) is 0 Å². The van der Waals surface area contributed by atoms with E-state index in [0.29, 0.717) is 23.8 Å². The van der Waals surface area contributed by atoms with Crippen molar-refractivity contribution >= 4 is 11.6 Å². The minimum Gasteiger partial charge on any atom is -0.395 e. The number of nitrogens with two attached hydrogens (primary N) is 1. The van der Waals surface area contributed by atoms with Gasteiger partial charge < -0.3 is 11.1 Å². The number of H-pyrrole nitrogens is 1. The average molecular weight is 292 g/mol. The summed E-state index contributed by atoms with van der Waals surface area (Å²) in [7, 11) is 0. The number of hydrogen-bond donors (Lipinski definition) is 3. The highest BCUT2D eigenvalue weighted by molar-refractivity contribution is 5.97. The summed E-state index contributed by atoms with van der Waals surface area (Å²) in [5.74, 6) is 1.12. The normalized spacial score (nSPS) is 14.6. The van der Waals surface area contributed by atoms with Crippen LogP contribution in [-0.4, -0.2) is 22.6 Å². The smallest absolute Gasteiger partial charge is 0.273 e. The molecule has 1 aliphatic carbocycles. The maximum atomic E-state index is 12.0. The molecule has 0 aromatic carbocycles. The zero-order valence-electron chi connectivity index (χ0n) is 13.2. The molecule has 0 radical (unpaired) electrons. The van der Waals surface area contributed by atoms with Crippen LogP contribution in [-0.2, 0) is 0 Å². The second-order valence-electron chi connectivity index (χ2n) is 6.53. The minimum atomic E-state index is -0.155. The molecule has 1 amide bonds. The summed E-state index contributed by atoms with van der Waals surface area (Å²) in [4.78, 5) is 12.0. The third-order valence-corrected chi connectivity index (χ3v) is 4.03. The Bertz CT molecular complexity index is 463. The zero-order valence-corrected chi connectivity index (χ0v) is 13.2. The Morgan fingerprint density at radius 1 is 1.33 bits per heavy atom. The van der Waals surface area contributed by atoms with Gasteiger partial charge in [-0.2, -0.15) is 5.10 Å². The Morgan fingerprint density at radius 3 is 2.71 bits per heavy atom. The first-order valence-corrected chi connectivity index (χ1v) is 8.21. The predicted octanol–water partition coefficient (Wildman–Crippen LogP) is 3.21. The lowest BCUT2D eigenvalue weighted by atomic mass is 10.0. The van der Waals surface area contributed by atoms with Gasteiger partial charge in [-0.05, 0) is 25.2 Å². The number of carbonyl (C=O) groups is 1. The molecular weight excluding hydrogens is 264 g/mol. The molecule has 1 aliphatic rings. The van der Waals surface area contributed by atoms with E-state index in [4.69, 9.17) is 5.73 Å². The molecule has 0 saturated heterocycles. The number of nitrogen functional groups attached to an aromatic ring is 1. The van der Waals surface area contributed by atoms with Crippen molar-refractivity contribution in [2.45, 2.75) is 64.7 Å². The molecule has 1 aromatic heterocycles. The van der Waals surface area contributed by atoms with Crippen molar-refractivity contribution < 1.29 is 4.79 Å². The molecular formula is C16H28N4O. The summed E-state index contributed by atoms with van der Waals surface area (Å²) in [5.41, 5.74) is 7.82. The maximum absolute atomic E-state index is 12.0. The number of nitrogens with zero attached hydrogens (tertiary/aromatic N) is 1. The standard InChI is InChI=1S/C16H28N4O/c1-11(2)7-5-3-4-6-10-18-16(21)15-13(17)14(19-20-15)12-8-9-12/h11-12H,3-10,17H2,1-2H3,(H,18,21)(H,19,20). The van der Waals surface area contributed by atoms with Crippen LogP contribution < -0.4 is 11.1 Å². The molecule has 1 fully saturated rings. The fourth-order valence-corrected chi connectivity index (χ4v) is 2.54. The first kappa shape index (κ1) is 15.9. The van der Waals surface area contributed by atoms with Gasteiger partial charge in [-0.15, -0.1) is 0 Å². The van der Waals surface area contributed by atoms with E-state index in [1.54, 1.807) is 0 Å². The lowest BCUT2D eigenvalue weighted by molar-refractivity contribution is 0.0949. The van der Waals surface area contributed by atoms with E-state index in [0.717, 1.165) is 37.3 Å². The Kier molecular flexibility index (Phi) is 5.65. The SMILES string of the molecule is CC(C)CCCCCCNC(=O)c1n[nH]c(C2CC2)c1N. The van der Waals surface area contributed by atoms with Gasteiger partial charge in [-0.3, -0.25) is 9.89 Å². The largest absolute Gasteiger partial charge is 0.395 e. The monoisotopic (exact) mass is 292 g/mol. The van der Waals surface area contributed by atoms with Crippen molar-refractivity contribution in [3.63, 3.8) is 0 Å². The van der Waals surface area contributed by atoms with Crippen LogP contribution in [0.25, 0.3) is 0 Å². The fraction of sp³-hybridized carbons (Fsp3) is 0.750. The van der Waals surface area contributed by atoms with Crippen LogP contribution >= 0.6 is 0 Å². The second-order valence-corrected chi connectivity index (χ2v) is 6.53. The Hall–Kier alpha value is -1.52. The van der Waals surface area contributed by atoms with E-state index in [1.807, 2.05) is 0 Å². The first-order valence-electron chi connectivity index (χ1n) is 8.21. The summed E-state index contributed by atoms with van der Waals surface area (Å²) >= 11 is 0. The lowest BCUT2D eigenvalue weighted by Gasteiger charge is -2.05. The van der Waals surface area contributed by atoms with Gasteiger partial charge in [0.1, 0.15) is 0 Å². The van der Waals surface area contributed by atoms with Gasteiger partial charge >= 0.3 is 0 Å². The van der Waals surface area contributed by atoms with E-state index >= 15 is 0 Å². The van der Waals surface area contributed by atoms with Crippen molar-refractivity contribution in [1.29, 1.82) is 0 Å². The van der Waals surface area contributed by atoms with E-state index < -0.39 is 0 Å². The Labute approximate surface area is 127 Å². The van der Waals surface area contributed by atoms with E-state index in [1.165, 1.54) is 19.3 Å². The molecule has 1 saturated carbocycles. The molecule has 5 nitrogen and oxygen atoms in total. The molecule has 118 valence electrons. The van der Waals surface area contributed by atoms with Crippen molar-refractivity contribution in [3.8, 4) is 0 Å². The van der Waals surface area contributed by atoms with Crippen LogP contribution in [0.5, 0.6) is 0 Å². The van der Waals surface area contributed by atoms with Crippen molar-refractivity contribution in [3.05, 3.63) is 11.4 Å². The molecule has 1 heterocycles. The highest BCUT2D eigenvalue weighted by Crippen LogP contribution is 2.42. The third kappa shape index (κ3) is 4.76. The van der Waals surface area contributed by atoms with E-state index in [2.05, 4.69) is 29.4 Å². The van der Waals surface area contributed by atoms with Crippen molar-refractivity contribution in [1.82, 2.24) is 15.5 Å². The molecule has 0 spiro atoms. The summed E-state index contributed by atoms with van der Waals surface area (Å²) in [6, 6.07) is 0. The molecule has 0 aliphatic heterocycles. The number of amides is 1. The van der Waals surface area contributed by atoms with Crippen LogP contribution in [0.4, 0.5) is 5.69 Å². The van der Waals surface area contributed by atoms with Crippen LogP contribution in [0.15, 0.2) is 0 Å². The molecule has 2 rings (SSSR count). The zero-order chi connectivity index (χ0) is 15.2. The Balaban J connectivity index is 1.63. The first-order chi connectivity index (χ1) is 10.1. The molecule has 0 bridgehead atoms. The number of aromatic nitrogens is 2. The molecule has 1 aromatic rings. The molecule has 21 heavy (non-hydrogen) atoms. The van der Waals surface area contributed by atoms with E-state index in [-0.39, 0.29) is 5.91 Å². The number of hydrogen-bond acceptors (Lipinski definition) is 3. The number of carbonyl (C=O) groups excluding carboxylic acids is 1. The summed E-state index contributed by atoms with van der Waals surface area (Å²) in [5, 5.41) is 9.88. The molecule has 0 unspecified atom stereocenters. The second kappa shape index (κ2) is 7.48. The topological polar surface area (TPSA) is 83.8 Å². The molecule has 4 N–H and O–H groups in total. The van der Waals surface area contributed by atoms with Gasteiger partial charge in [-0.25, -0.2) is 0 Å². The molecule has 0 atom stereocenters. The van der Waals surface area contributed by atoms with Crippen molar-refractivity contribution in [2.24, 2.45) is 5.92 Å². The minimum absolute atomic E-state index is 0.155. The average Bonchev–Trinajstić information content (AvgIpc) is 3.20. The maximum Gasteiger partial charge on any atom is 0.273 e. The van der Waals surface area contributed by atoms with Gasteiger partial charge in [-0.1, -0.05) is 39.5 Å². The van der Waals surface area contributed by atoms with Crippen LogP contribution in [0, 0.1) is 5.92 Å². The van der Waals surface area contributed by atoms with Crippen LogP contribution in [0.2, 0.25) is 0 Å². The predicted molar refractivity (Wildman–Crippen MR) is 85.2 cm³/mol. The summed E-state index contributed by atoms with van der Waals surface area (Å²) in [6.07, 6.45) is 8.28. The summed E-state index contributed by atoms with van der Waals surface area (Å²) < 4.78 is 0. The highest BCUT2D eigenvalue weighted by atomic mass is 16.1. The fourth-order valence-electron chi connectivity index (χ4n) is 2.54. The third-order valence-electron chi connectivity index (χ3n) is 4.03. The number of rotatable bonds is 9. The highest BCUT2D eigenvalue weighted by Gasteiger charge is 2.30. The van der Waals surface area contributed by atoms with Gasteiger partial charge in [0.25, 0.3) is 5.91 Å². The van der Waals surface area contributed by atoms with E-state index in [9.17, 15) is 4.79 Å². The van der Waals surface area contributed by atoms with Gasteiger partial charge in [0.15, 0.2) is 5.69 Å². The lowest BCUT2D eigenvalue weighted by Crippen LogP contribution is -2.25. The Morgan fingerprint density at radius 2 is 2.05 bits per heavy atom. The molecule has 5 heteroatoms. The van der Waals surface area contributed by atoms with Crippen LogP contribution in [0.1, 0.15) is 80.9 Å².